The summed E-state index contributed by atoms with van der Waals surface area (Å²) >= 11 is 1.67. The van der Waals surface area contributed by atoms with Gasteiger partial charge in [0.25, 0.3) is 0 Å². The number of nitrogens with zero attached hydrogens (tertiary/aromatic N) is 3. The molecule has 1 amide bonds. The molecule has 0 spiro atoms. The zero-order valence-corrected chi connectivity index (χ0v) is 22.2. The molecule has 2 aromatic carbocycles. The van der Waals surface area contributed by atoms with Gasteiger partial charge in [-0.1, -0.05) is 29.8 Å². The number of hydrogen-bond donors (Lipinski definition) is 0. The van der Waals surface area contributed by atoms with Crippen LogP contribution in [0, 0.1) is 6.92 Å². The average molecular weight is 512 g/mol. The summed E-state index contributed by atoms with van der Waals surface area (Å²) < 4.78 is 25.3. The van der Waals surface area contributed by atoms with Gasteiger partial charge in [-0.25, -0.2) is 13.4 Å². The molecule has 1 aliphatic rings. The second kappa shape index (κ2) is 10.9. The van der Waals surface area contributed by atoms with Crippen molar-refractivity contribution in [2.75, 3.05) is 36.8 Å². The van der Waals surface area contributed by atoms with Crippen LogP contribution in [0.1, 0.15) is 43.2 Å². The Balaban J connectivity index is 1.34. The van der Waals surface area contributed by atoms with Gasteiger partial charge in [0.1, 0.15) is 5.75 Å². The molecule has 35 heavy (non-hydrogen) atoms. The summed E-state index contributed by atoms with van der Waals surface area (Å²) in [6.07, 6.45) is 1.59. The number of benzene rings is 2. The molecular weight excluding hydrogens is 478 g/mol. The molecule has 1 aliphatic heterocycles. The van der Waals surface area contributed by atoms with E-state index < -0.39 is 15.6 Å². The minimum atomic E-state index is -3.64. The predicted octanol–water partition coefficient (Wildman–Crippen LogP) is 5.14. The van der Waals surface area contributed by atoms with Crippen LogP contribution in [0.25, 0.3) is 11.3 Å². The number of rotatable bonds is 8. The van der Waals surface area contributed by atoms with E-state index in [2.05, 4.69) is 48.4 Å². The van der Waals surface area contributed by atoms with E-state index in [9.17, 15) is 13.2 Å². The number of aryl methyl sites for hydroxylation is 1. The fourth-order valence-corrected chi connectivity index (χ4v) is 6.72. The Labute approximate surface area is 212 Å². The van der Waals surface area contributed by atoms with Gasteiger partial charge in [0.15, 0.2) is 9.84 Å². The lowest BCUT2D eigenvalue weighted by Crippen LogP contribution is -2.41. The van der Waals surface area contributed by atoms with Crippen LogP contribution < -0.4 is 4.90 Å². The second-order valence-electron chi connectivity index (χ2n) is 9.02. The Morgan fingerprint density at radius 1 is 1.03 bits per heavy atom. The number of thiazole rings is 1. The fraction of sp³-hybridized carbons (Fsp3) is 0.407. The predicted molar refractivity (Wildman–Crippen MR) is 143 cm³/mol. The standard InChI is InChI=1S/C27H33N3O3S2/c1-4-29(5-2)23-10-8-21(9-11-23)25-18-34-27(28-25)22-14-16-30(17-15-22)26(31)19-35(32,33)24-12-6-20(3)7-13-24/h6-13,18,22H,4-5,14-17,19H2,1-3H3. The lowest BCUT2D eigenvalue weighted by atomic mass is 9.97. The van der Waals surface area contributed by atoms with E-state index in [-0.39, 0.29) is 10.8 Å². The molecule has 1 saturated heterocycles. The van der Waals surface area contributed by atoms with E-state index in [0.717, 1.165) is 47.8 Å². The van der Waals surface area contributed by atoms with Gasteiger partial charge in [-0.15, -0.1) is 11.3 Å². The van der Waals surface area contributed by atoms with Gasteiger partial charge in [-0.2, -0.15) is 0 Å². The molecule has 8 heteroatoms. The molecule has 0 radical (unpaired) electrons. The third-order valence-electron chi connectivity index (χ3n) is 6.70. The topological polar surface area (TPSA) is 70.6 Å². The van der Waals surface area contributed by atoms with Crippen molar-refractivity contribution < 1.29 is 13.2 Å². The maximum Gasteiger partial charge on any atom is 0.238 e. The minimum absolute atomic E-state index is 0.201. The molecule has 0 atom stereocenters. The highest BCUT2D eigenvalue weighted by atomic mass is 32.2. The monoisotopic (exact) mass is 511 g/mol. The van der Waals surface area contributed by atoms with E-state index in [1.807, 2.05) is 6.92 Å². The van der Waals surface area contributed by atoms with E-state index in [1.54, 1.807) is 40.5 Å². The van der Waals surface area contributed by atoms with Crippen molar-refractivity contribution in [2.45, 2.75) is 44.4 Å². The molecule has 4 rings (SSSR count). The number of sulfone groups is 1. The first kappa shape index (κ1) is 25.4. The summed E-state index contributed by atoms with van der Waals surface area (Å²) in [6, 6.07) is 15.2. The van der Waals surface area contributed by atoms with E-state index in [1.165, 1.54) is 5.69 Å². The fourth-order valence-electron chi connectivity index (χ4n) is 4.50. The lowest BCUT2D eigenvalue weighted by Gasteiger charge is -2.31. The van der Waals surface area contributed by atoms with Crippen LogP contribution in [0.5, 0.6) is 0 Å². The van der Waals surface area contributed by atoms with Crippen molar-refractivity contribution in [1.82, 2.24) is 9.88 Å². The van der Waals surface area contributed by atoms with E-state index in [0.29, 0.717) is 19.0 Å². The quantitative estimate of drug-likeness (QED) is 0.419. The molecule has 186 valence electrons. The van der Waals surface area contributed by atoms with Gasteiger partial charge >= 0.3 is 0 Å². The summed E-state index contributed by atoms with van der Waals surface area (Å²) in [6.45, 7) is 9.30. The first-order valence-corrected chi connectivity index (χ1v) is 14.7. The van der Waals surface area contributed by atoms with Crippen molar-refractivity contribution in [3.8, 4) is 11.3 Å². The Morgan fingerprint density at radius 2 is 1.66 bits per heavy atom. The van der Waals surface area contributed by atoms with Crippen molar-refractivity contribution in [3.05, 3.63) is 64.5 Å². The molecule has 1 fully saturated rings. The minimum Gasteiger partial charge on any atom is -0.372 e. The number of piperidine rings is 1. The normalized spacial score (nSPS) is 14.8. The van der Waals surface area contributed by atoms with Crippen LogP contribution in [0.15, 0.2) is 58.8 Å². The molecule has 1 aromatic heterocycles. The Kier molecular flexibility index (Phi) is 7.91. The number of hydrogen-bond acceptors (Lipinski definition) is 6. The molecular formula is C27H33N3O3S2. The van der Waals surface area contributed by atoms with Crippen LogP contribution in [0.3, 0.4) is 0 Å². The molecule has 0 saturated carbocycles. The second-order valence-corrected chi connectivity index (χ2v) is 11.9. The number of amides is 1. The van der Waals surface area contributed by atoms with Crippen LogP contribution in [0.2, 0.25) is 0 Å². The highest BCUT2D eigenvalue weighted by Gasteiger charge is 2.29. The maximum absolute atomic E-state index is 12.7. The van der Waals surface area contributed by atoms with Crippen LogP contribution >= 0.6 is 11.3 Å². The molecule has 0 aliphatic carbocycles. The van der Waals surface area contributed by atoms with Crippen molar-refractivity contribution >= 4 is 32.8 Å². The van der Waals surface area contributed by atoms with Crippen LogP contribution in [-0.4, -0.2) is 56.1 Å². The van der Waals surface area contributed by atoms with E-state index in [4.69, 9.17) is 4.98 Å². The first-order chi connectivity index (χ1) is 16.8. The Bertz CT molecular complexity index is 1240. The summed E-state index contributed by atoms with van der Waals surface area (Å²) in [4.78, 5) is 21.8. The van der Waals surface area contributed by atoms with Crippen molar-refractivity contribution in [1.29, 1.82) is 0 Å². The lowest BCUT2D eigenvalue weighted by molar-refractivity contribution is -0.129. The van der Waals surface area contributed by atoms with Gasteiger partial charge in [0.2, 0.25) is 5.91 Å². The SMILES string of the molecule is CCN(CC)c1ccc(-c2csc(C3CCN(C(=O)CS(=O)(=O)c4ccc(C)cc4)CC3)n2)cc1. The van der Waals surface area contributed by atoms with Gasteiger partial charge in [-0.3, -0.25) is 4.79 Å². The van der Waals surface area contributed by atoms with E-state index >= 15 is 0 Å². The number of anilines is 1. The molecule has 6 nitrogen and oxygen atoms in total. The summed E-state index contributed by atoms with van der Waals surface area (Å²) in [5, 5.41) is 3.19. The third-order valence-corrected chi connectivity index (χ3v) is 9.33. The molecule has 3 aromatic rings. The van der Waals surface area contributed by atoms with Crippen LogP contribution in [0.4, 0.5) is 5.69 Å². The van der Waals surface area contributed by atoms with Crippen LogP contribution in [-0.2, 0) is 14.6 Å². The molecule has 0 N–H and O–H groups in total. The number of likely N-dealkylation sites (tertiary alicyclic amines) is 1. The summed E-state index contributed by atoms with van der Waals surface area (Å²) in [5.41, 5.74) is 4.30. The Morgan fingerprint density at radius 3 is 2.26 bits per heavy atom. The molecule has 0 bridgehead atoms. The zero-order valence-electron chi connectivity index (χ0n) is 20.6. The summed E-state index contributed by atoms with van der Waals surface area (Å²) in [7, 11) is -3.64. The highest BCUT2D eigenvalue weighted by Crippen LogP contribution is 2.33. The first-order valence-electron chi connectivity index (χ1n) is 12.2. The van der Waals surface area contributed by atoms with Gasteiger partial charge in [0, 0.05) is 48.7 Å². The van der Waals surface area contributed by atoms with Gasteiger partial charge in [0.05, 0.1) is 15.6 Å². The number of carbonyl (C=O) groups is 1. The maximum atomic E-state index is 12.7. The number of carbonyl (C=O) groups excluding carboxylic acids is 1. The van der Waals surface area contributed by atoms with Crippen molar-refractivity contribution in [3.63, 3.8) is 0 Å². The Hall–Kier alpha value is -2.71. The highest BCUT2D eigenvalue weighted by molar-refractivity contribution is 7.92. The summed E-state index contributed by atoms with van der Waals surface area (Å²) in [5.74, 6) is -0.510. The van der Waals surface area contributed by atoms with Gasteiger partial charge in [-0.05, 0) is 57.9 Å². The zero-order chi connectivity index (χ0) is 25.0. The average Bonchev–Trinajstić information content (AvgIpc) is 3.36. The third kappa shape index (κ3) is 5.93. The number of aromatic nitrogens is 1. The molecule has 2 heterocycles. The van der Waals surface area contributed by atoms with Crippen molar-refractivity contribution in [2.24, 2.45) is 0 Å². The van der Waals surface area contributed by atoms with Gasteiger partial charge < -0.3 is 9.80 Å². The molecule has 0 unspecified atom stereocenters. The smallest absolute Gasteiger partial charge is 0.238 e. The largest absolute Gasteiger partial charge is 0.372 e.